The van der Waals surface area contributed by atoms with E-state index in [1.807, 2.05) is 24.3 Å². The zero-order valence-electron chi connectivity index (χ0n) is 12.9. The van der Waals surface area contributed by atoms with Gasteiger partial charge < -0.3 is 15.7 Å². The summed E-state index contributed by atoms with van der Waals surface area (Å²) >= 11 is 1.78. The Kier molecular flexibility index (Phi) is 6.93. The van der Waals surface area contributed by atoms with Gasteiger partial charge in [-0.15, -0.1) is 11.3 Å². The van der Waals surface area contributed by atoms with Gasteiger partial charge in [-0.1, -0.05) is 30.3 Å². The SMILES string of the molecule is CCNC(=NCc1ccccc1CO)NCCc1cccs1. The van der Waals surface area contributed by atoms with E-state index < -0.39 is 0 Å². The number of hydrogen-bond donors (Lipinski definition) is 3. The van der Waals surface area contributed by atoms with Crippen LogP contribution in [0.4, 0.5) is 0 Å². The predicted octanol–water partition coefficient (Wildman–Crippen LogP) is 2.54. The molecule has 0 fully saturated rings. The van der Waals surface area contributed by atoms with Crippen LogP contribution >= 0.6 is 11.3 Å². The van der Waals surface area contributed by atoms with Crippen LogP contribution in [0.2, 0.25) is 0 Å². The largest absolute Gasteiger partial charge is 0.392 e. The molecule has 0 spiro atoms. The maximum Gasteiger partial charge on any atom is 0.191 e. The van der Waals surface area contributed by atoms with E-state index in [-0.39, 0.29) is 6.61 Å². The number of guanidine groups is 1. The summed E-state index contributed by atoms with van der Waals surface area (Å²) in [7, 11) is 0. The monoisotopic (exact) mass is 317 g/mol. The molecule has 118 valence electrons. The molecule has 1 aromatic heterocycles. The smallest absolute Gasteiger partial charge is 0.191 e. The van der Waals surface area contributed by atoms with Crippen molar-refractivity contribution in [2.45, 2.75) is 26.5 Å². The minimum absolute atomic E-state index is 0.0496. The summed E-state index contributed by atoms with van der Waals surface area (Å²) in [5, 5.41) is 18.1. The number of aliphatic hydroxyl groups excluding tert-OH is 1. The number of rotatable bonds is 7. The Morgan fingerprint density at radius 3 is 2.64 bits per heavy atom. The average molecular weight is 317 g/mol. The molecule has 3 N–H and O–H groups in total. The van der Waals surface area contributed by atoms with Crippen molar-refractivity contribution < 1.29 is 5.11 Å². The van der Waals surface area contributed by atoms with Crippen LogP contribution in [0.3, 0.4) is 0 Å². The van der Waals surface area contributed by atoms with Crippen molar-refractivity contribution in [2.75, 3.05) is 13.1 Å². The van der Waals surface area contributed by atoms with Gasteiger partial charge in [0.1, 0.15) is 0 Å². The minimum atomic E-state index is 0.0496. The van der Waals surface area contributed by atoms with Gasteiger partial charge in [0.2, 0.25) is 0 Å². The molecule has 0 aliphatic rings. The summed E-state index contributed by atoms with van der Waals surface area (Å²) in [5.74, 6) is 0.812. The molecule has 0 bridgehead atoms. The number of benzene rings is 1. The van der Waals surface area contributed by atoms with E-state index in [4.69, 9.17) is 0 Å². The molecule has 2 aromatic rings. The Morgan fingerprint density at radius 2 is 1.95 bits per heavy atom. The summed E-state index contributed by atoms with van der Waals surface area (Å²) in [4.78, 5) is 5.97. The van der Waals surface area contributed by atoms with Gasteiger partial charge >= 0.3 is 0 Å². The molecule has 2 rings (SSSR count). The highest BCUT2D eigenvalue weighted by molar-refractivity contribution is 7.09. The molecule has 22 heavy (non-hydrogen) atoms. The van der Waals surface area contributed by atoms with Crippen LogP contribution in [-0.4, -0.2) is 24.2 Å². The highest BCUT2D eigenvalue weighted by atomic mass is 32.1. The average Bonchev–Trinajstić information content (AvgIpc) is 3.06. The fourth-order valence-corrected chi connectivity index (χ4v) is 2.84. The number of aliphatic hydroxyl groups is 1. The van der Waals surface area contributed by atoms with Crippen molar-refractivity contribution in [3.05, 3.63) is 57.8 Å². The Balaban J connectivity index is 1.91. The van der Waals surface area contributed by atoms with Crippen molar-refractivity contribution in [3.8, 4) is 0 Å². The normalized spacial score (nSPS) is 11.5. The Bertz CT molecular complexity index is 581. The van der Waals surface area contributed by atoms with Crippen molar-refractivity contribution in [2.24, 2.45) is 4.99 Å². The Hall–Kier alpha value is -1.85. The Morgan fingerprint density at radius 1 is 1.14 bits per heavy atom. The van der Waals surface area contributed by atoms with Gasteiger partial charge in [0.15, 0.2) is 5.96 Å². The molecule has 0 aliphatic carbocycles. The van der Waals surface area contributed by atoms with E-state index in [1.165, 1.54) is 4.88 Å². The van der Waals surface area contributed by atoms with E-state index in [0.29, 0.717) is 6.54 Å². The molecule has 1 aromatic carbocycles. The maximum atomic E-state index is 9.36. The van der Waals surface area contributed by atoms with Crippen LogP contribution in [-0.2, 0) is 19.6 Å². The van der Waals surface area contributed by atoms with Gasteiger partial charge in [-0.25, -0.2) is 4.99 Å². The lowest BCUT2D eigenvalue weighted by Crippen LogP contribution is -2.38. The Labute approximate surface area is 135 Å². The molecule has 1 heterocycles. The van der Waals surface area contributed by atoms with E-state index in [1.54, 1.807) is 11.3 Å². The summed E-state index contributed by atoms with van der Waals surface area (Å²) in [5.41, 5.74) is 1.99. The van der Waals surface area contributed by atoms with Crippen molar-refractivity contribution >= 4 is 17.3 Å². The van der Waals surface area contributed by atoms with Crippen LogP contribution in [0.5, 0.6) is 0 Å². The van der Waals surface area contributed by atoms with Crippen molar-refractivity contribution in [3.63, 3.8) is 0 Å². The first kappa shape index (κ1) is 16.5. The van der Waals surface area contributed by atoms with Crippen LogP contribution < -0.4 is 10.6 Å². The fraction of sp³-hybridized carbons (Fsp3) is 0.353. The van der Waals surface area contributed by atoms with Crippen LogP contribution in [0.1, 0.15) is 22.9 Å². The number of nitrogens with zero attached hydrogens (tertiary/aromatic N) is 1. The predicted molar refractivity (Wildman–Crippen MR) is 93.2 cm³/mol. The summed E-state index contributed by atoms with van der Waals surface area (Å²) < 4.78 is 0. The molecule has 0 saturated carbocycles. The highest BCUT2D eigenvalue weighted by Gasteiger charge is 2.02. The second kappa shape index (κ2) is 9.23. The standard InChI is InChI=1S/C17H23N3OS/c1-2-18-17(19-10-9-16-8-5-11-22-16)20-12-14-6-3-4-7-15(14)13-21/h3-8,11,21H,2,9-10,12-13H2,1H3,(H2,18,19,20). The van der Waals surface area contributed by atoms with Crippen molar-refractivity contribution in [1.82, 2.24) is 10.6 Å². The minimum Gasteiger partial charge on any atom is -0.392 e. The third-order valence-corrected chi connectivity index (χ3v) is 4.22. The second-order valence-electron chi connectivity index (χ2n) is 4.88. The first-order chi connectivity index (χ1) is 10.8. The molecule has 5 heteroatoms. The molecular formula is C17H23N3OS. The van der Waals surface area contributed by atoms with Gasteiger partial charge in [0.05, 0.1) is 13.2 Å². The first-order valence-corrected chi connectivity index (χ1v) is 8.43. The molecule has 0 radical (unpaired) electrons. The number of nitrogens with one attached hydrogen (secondary N) is 2. The quantitative estimate of drug-likeness (QED) is 0.543. The summed E-state index contributed by atoms with van der Waals surface area (Å²) in [6, 6.07) is 12.1. The van der Waals surface area contributed by atoms with Crippen LogP contribution in [0, 0.1) is 0 Å². The zero-order valence-corrected chi connectivity index (χ0v) is 13.7. The highest BCUT2D eigenvalue weighted by Crippen LogP contribution is 2.10. The lowest BCUT2D eigenvalue weighted by molar-refractivity contribution is 0.280. The van der Waals surface area contributed by atoms with Crippen LogP contribution in [0.15, 0.2) is 46.8 Å². The topological polar surface area (TPSA) is 56.7 Å². The van der Waals surface area contributed by atoms with E-state index in [2.05, 4.69) is 40.1 Å². The van der Waals surface area contributed by atoms with Crippen molar-refractivity contribution in [1.29, 1.82) is 0 Å². The van der Waals surface area contributed by atoms with E-state index in [0.717, 1.165) is 36.6 Å². The molecule has 0 unspecified atom stereocenters. The fourth-order valence-electron chi connectivity index (χ4n) is 2.13. The molecule has 4 nitrogen and oxygen atoms in total. The van der Waals surface area contributed by atoms with Gasteiger partial charge in [0, 0.05) is 18.0 Å². The van der Waals surface area contributed by atoms with Gasteiger partial charge in [-0.3, -0.25) is 0 Å². The van der Waals surface area contributed by atoms with Gasteiger partial charge in [0.25, 0.3) is 0 Å². The third-order valence-electron chi connectivity index (χ3n) is 3.28. The lowest BCUT2D eigenvalue weighted by atomic mass is 10.1. The zero-order chi connectivity index (χ0) is 15.6. The van der Waals surface area contributed by atoms with Crippen LogP contribution in [0.25, 0.3) is 0 Å². The van der Waals surface area contributed by atoms with Gasteiger partial charge in [-0.2, -0.15) is 0 Å². The molecular weight excluding hydrogens is 294 g/mol. The van der Waals surface area contributed by atoms with Gasteiger partial charge in [-0.05, 0) is 35.9 Å². The van der Waals surface area contributed by atoms with E-state index >= 15 is 0 Å². The molecule has 0 aliphatic heterocycles. The maximum absolute atomic E-state index is 9.36. The summed E-state index contributed by atoms with van der Waals surface area (Å²) in [6.45, 7) is 4.34. The number of thiophene rings is 1. The molecule has 0 saturated heterocycles. The summed E-state index contributed by atoms with van der Waals surface area (Å²) in [6.07, 6.45) is 0.995. The molecule has 0 atom stereocenters. The number of hydrogen-bond acceptors (Lipinski definition) is 3. The number of aliphatic imine (C=N–C) groups is 1. The lowest BCUT2D eigenvalue weighted by Gasteiger charge is -2.11. The molecule has 0 amide bonds. The second-order valence-corrected chi connectivity index (χ2v) is 5.91. The van der Waals surface area contributed by atoms with E-state index in [9.17, 15) is 5.11 Å². The first-order valence-electron chi connectivity index (χ1n) is 7.55. The third kappa shape index (κ3) is 5.16.